The van der Waals surface area contributed by atoms with Crippen LogP contribution in [-0.2, 0) is 6.54 Å². The van der Waals surface area contributed by atoms with Crippen LogP contribution in [0.2, 0.25) is 0 Å². The van der Waals surface area contributed by atoms with Crippen LogP contribution in [0.15, 0.2) is 28.7 Å². The molecule has 0 aromatic heterocycles. The van der Waals surface area contributed by atoms with E-state index in [1.807, 2.05) is 0 Å². The normalized spacial score (nSPS) is 11.1. The minimum Gasteiger partial charge on any atom is -0.317 e. The van der Waals surface area contributed by atoms with Crippen LogP contribution in [0.25, 0.3) is 0 Å². The maximum absolute atomic E-state index is 3.51. The van der Waals surface area contributed by atoms with E-state index in [1.54, 1.807) is 0 Å². The summed E-state index contributed by atoms with van der Waals surface area (Å²) in [6.45, 7) is 6.70. The Bertz CT molecular complexity index is 328. The van der Waals surface area contributed by atoms with Gasteiger partial charge in [0.15, 0.2) is 0 Å². The molecule has 0 amide bonds. The third-order valence-corrected chi connectivity index (χ3v) is 3.40. The molecule has 0 radical (unpaired) electrons. The van der Waals surface area contributed by atoms with Crippen molar-refractivity contribution in [1.82, 2.24) is 10.2 Å². The average molecular weight is 313 g/mol. The molecular weight excluding hydrogens is 288 g/mol. The maximum Gasteiger partial charge on any atom is 0.0231 e. The third kappa shape index (κ3) is 7.14. The lowest BCUT2D eigenvalue weighted by Crippen LogP contribution is -2.21. The van der Waals surface area contributed by atoms with E-state index in [0.29, 0.717) is 0 Å². The highest BCUT2D eigenvalue weighted by Crippen LogP contribution is 2.13. The van der Waals surface area contributed by atoms with Crippen molar-refractivity contribution in [2.75, 3.05) is 26.7 Å². The summed E-state index contributed by atoms with van der Waals surface area (Å²) in [5.74, 6) is 0. The Morgan fingerprint density at radius 3 is 2.78 bits per heavy atom. The van der Waals surface area contributed by atoms with Gasteiger partial charge in [0.1, 0.15) is 0 Å². The SMILES string of the molecule is CCCNCCCCN(C)Cc1cccc(Br)c1. The molecule has 102 valence electrons. The van der Waals surface area contributed by atoms with E-state index in [9.17, 15) is 0 Å². The smallest absolute Gasteiger partial charge is 0.0231 e. The van der Waals surface area contributed by atoms with Crippen LogP contribution in [0.1, 0.15) is 31.7 Å². The minimum absolute atomic E-state index is 1.03. The van der Waals surface area contributed by atoms with Gasteiger partial charge in [0.05, 0.1) is 0 Å². The lowest BCUT2D eigenvalue weighted by Gasteiger charge is -2.16. The van der Waals surface area contributed by atoms with Crippen LogP contribution in [0.4, 0.5) is 0 Å². The fourth-order valence-electron chi connectivity index (χ4n) is 1.96. The quantitative estimate of drug-likeness (QED) is 0.700. The summed E-state index contributed by atoms with van der Waals surface area (Å²) in [6.07, 6.45) is 3.76. The molecule has 1 N–H and O–H groups in total. The topological polar surface area (TPSA) is 15.3 Å². The fourth-order valence-corrected chi connectivity index (χ4v) is 2.41. The lowest BCUT2D eigenvalue weighted by molar-refractivity contribution is 0.317. The monoisotopic (exact) mass is 312 g/mol. The number of halogens is 1. The molecule has 3 heteroatoms. The molecule has 0 heterocycles. The summed E-state index contributed by atoms with van der Waals surface area (Å²) in [5, 5.41) is 3.44. The van der Waals surface area contributed by atoms with E-state index in [0.717, 1.165) is 24.1 Å². The highest BCUT2D eigenvalue weighted by atomic mass is 79.9. The highest BCUT2D eigenvalue weighted by molar-refractivity contribution is 9.10. The molecule has 0 spiro atoms. The Morgan fingerprint density at radius 1 is 1.22 bits per heavy atom. The zero-order valence-electron chi connectivity index (χ0n) is 11.6. The van der Waals surface area contributed by atoms with E-state index in [4.69, 9.17) is 0 Å². The first-order valence-corrected chi connectivity index (χ1v) is 7.65. The van der Waals surface area contributed by atoms with Gasteiger partial charge in [0.25, 0.3) is 0 Å². The molecule has 0 aliphatic carbocycles. The molecule has 0 aliphatic rings. The molecule has 0 aliphatic heterocycles. The second-order valence-corrected chi connectivity index (χ2v) is 5.74. The van der Waals surface area contributed by atoms with Crippen molar-refractivity contribution in [2.24, 2.45) is 0 Å². The summed E-state index contributed by atoms with van der Waals surface area (Å²) < 4.78 is 1.16. The molecule has 2 nitrogen and oxygen atoms in total. The first-order chi connectivity index (χ1) is 8.72. The van der Waals surface area contributed by atoms with Crippen LogP contribution in [0.3, 0.4) is 0 Å². The molecule has 1 aromatic carbocycles. The van der Waals surface area contributed by atoms with Gasteiger partial charge in [-0.05, 0) is 63.6 Å². The summed E-state index contributed by atoms with van der Waals surface area (Å²) >= 11 is 3.51. The lowest BCUT2D eigenvalue weighted by atomic mass is 10.2. The zero-order valence-corrected chi connectivity index (χ0v) is 13.2. The summed E-state index contributed by atoms with van der Waals surface area (Å²) in [5.41, 5.74) is 1.37. The predicted octanol–water partition coefficient (Wildman–Crippen LogP) is 3.66. The van der Waals surface area contributed by atoms with Crippen molar-refractivity contribution in [3.05, 3.63) is 34.3 Å². The number of nitrogens with one attached hydrogen (secondary N) is 1. The van der Waals surface area contributed by atoms with Gasteiger partial charge in [-0.3, -0.25) is 0 Å². The Morgan fingerprint density at radius 2 is 2.06 bits per heavy atom. The second kappa shape index (κ2) is 9.54. The van der Waals surface area contributed by atoms with Gasteiger partial charge in [-0.1, -0.05) is 35.0 Å². The standard InChI is InChI=1S/C15H25BrN2/c1-3-9-17-10-4-5-11-18(2)13-14-7-6-8-15(16)12-14/h6-8,12,17H,3-5,9-11,13H2,1-2H3. The van der Waals surface area contributed by atoms with Crippen LogP contribution < -0.4 is 5.32 Å². The van der Waals surface area contributed by atoms with E-state index in [-0.39, 0.29) is 0 Å². The molecule has 0 unspecified atom stereocenters. The van der Waals surface area contributed by atoms with Crippen molar-refractivity contribution in [3.8, 4) is 0 Å². The van der Waals surface area contributed by atoms with Crippen LogP contribution >= 0.6 is 15.9 Å². The summed E-state index contributed by atoms with van der Waals surface area (Å²) in [7, 11) is 2.19. The van der Waals surface area contributed by atoms with Crippen molar-refractivity contribution >= 4 is 15.9 Å². The van der Waals surface area contributed by atoms with Gasteiger partial charge >= 0.3 is 0 Å². The van der Waals surface area contributed by atoms with Crippen LogP contribution in [0, 0.1) is 0 Å². The highest BCUT2D eigenvalue weighted by Gasteiger charge is 2.00. The van der Waals surface area contributed by atoms with Crippen molar-refractivity contribution < 1.29 is 0 Å². The Hall–Kier alpha value is -0.380. The van der Waals surface area contributed by atoms with Crippen molar-refractivity contribution in [3.63, 3.8) is 0 Å². The van der Waals surface area contributed by atoms with Gasteiger partial charge in [-0.25, -0.2) is 0 Å². The number of rotatable bonds is 9. The number of benzene rings is 1. The largest absolute Gasteiger partial charge is 0.317 e. The minimum atomic E-state index is 1.03. The van der Waals surface area contributed by atoms with E-state index >= 15 is 0 Å². The first-order valence-electron chi connectivity index (χ1n) is 6.86. The van der Waals surface area contributed by atoms with Gasteiger partial charge in [0.2, 0.25) is 0 Å². The molecule has 18 heavy (non-hydrogen) atoms. The van der Waals surface area contributed by atoms with E-state index < -0.39 is 0 Å². The zero-order chi connectivity index (χ0) is 13.2. The fraction of sp³-hybridized carbons (Fsp3) is 0.600. The van der Waals surface area contributed by atoms with Crippen molar-refractivity contribution in [1.29, 1.82) is 0 Å². The number of hydrogen-bond acceptors (Lipinski definition) is 2. The maximum atomic E-state index is 3.51. The number of unbranched alkanes of at least 4 members (excludes halogenated alkanes) is 1. The second-order valence-electron chi connectivity index (χ2n) is 4.82. The van der Waals surface area contributed by atoms with Crippen LogP contribution in [-0.4, -0.2) is 31.6 Å². The number of nitrogens with zero attached hydrogens (tertiary/aromatic N) is 1. The third-order valence-electron chi connectivity index (χ3n) is 2.91. The predicted molar refractivity (Wildman–Crippen MR) is 82.9 cm³/mol. The van der Waals surface area contributed by atoms with Gasteiger partial charge in [0, 0.05) is 11.0 Å². The Kier molecular flexibility index (Phi) is 8.31. The molecule has 0 saturated carbocycles. The molecule has 1 rings (SSSR count). The Balaban J connectivity index is 2.12. The van der Waals surface area contributed by atoms with Gasteiger partial charge in [-0.2, -0.15) is 0 Å². The summed E-state index contributed by atoms with van der Waals surface area (Å²) in [6, 6.07) is 8.55. The van der Waals surface area contributed by atoms with Gasteiger partial charge < -0.3 is 10.2 Å². The first kappa shape index (κ1) is 15.7. The number of hydrogen-bond donors (Lipinski definition) is 1. The molecule has 1 aromatic rings. The average Bonchev–Trinajstić information content (AvgIpc) is 2.33. The van der Waals surface area contributed by atoms with Gasteiger partial charge in [-0.15, -0.1) is 0 Å². The molecule has 0 bridgehead atoms. The molecule has 0 saturated heterocycles. The van der Waals surface area contributed by atoms with Crippen LogP contribution in [0.5, 0.6) is 0 Å². The molecular formula is C15H25BrN2. The summed E-state index contributed by atoms with van der Waals surface area (Å²) in [4.78, 5) is 2.39. The van der Waals surface area contributed by atoms with E-state index in [1.165, 1.54) is 31.4 Å². The molecule has 0 atom stereocenters. The van der Waals surface area contributed by atoms with Crippen molar-refractivity contribution in [2.45, 2.75) is 32.7 Å². The molecule has 0 fully saturated rings. The Labute approximate surface area is 120 Å². The van der Waals surface area contributed by atoms with E-state index in [2.05, 4.69) is 64.4 Å².